The third-order valence-electron chi connectivity index (χ3n) is 2.75. The zero-order chi connectivity index (χ0) is 13.0. The summed E-state index contributed by atoms with van der Waals surface area (Å²) in [5.41, 5.74) is 1.09. The van der Waals surface area contributed by atoms with Gasteiger partial charge in [0.25, 0.3) is 5.91 Å². The maximum atomic E-state index is 11.9. The predicted molar refractivity (Wildman–Crippen MR) is 62.7 cm³/mol. The summed E-state index contributed by atoms with van der Waals surface area (Å²) in [6.07, 6.45) is 1.61. The average molecular weight is 236 g/mol. The molecule has 17 heavy (non-hydrogen) atoms. The molecule has 5 heteroatoms. The number of carboxylic acids is 1. The number of aliphatic carboxylic acids is 1. The summed E-state index contributed by atoms with van der Waals surface area (Å²) < 4.78 is 0. The van der Waals surface area contributed by atoms with Gasteiger partial charge in [-0.1, -0.05) is 0 Å². The molecule has 0 aliphatic rings. The van der Waals surface area contributed by atoms with Crippen LogP contribution >= 0.6 is 0 Å². The average Bonchev–Trinajstić information content (AvgIpc) is 2.28. The number of pyridine rings is 1. The molecule has 0 aliphatic heterocycles. The van der Waals surface area contributed by atoms with E-state index in [1.165, 1.54) is 0 Å². The largest absolute Gasteiger partial charge is 0.481 e. The summed E-state index contributed by atoms with van der Waals surface area (Å²) in [6.45, 7) is 4.96. The van der Waals surface area contributed by atoms with Crippen molar-refractivity contribution in [3.8, 4) is 0 Å². The summed E-state index contributed by atoms with van der Waals surface area (Å²) in [5, 5.41) is 11.5. The maximum absolute atomic E-state index is 11.9. The van der Waals surface area contributed by atoms with E-state index in [9.17, 15) is 9.59 Å². The molecule has 5 nitrogen and oxygen atoms in total. The number of nitrogens with zero attached hydrogens (tertiary/aromatic N) is 1. The Hall–Kier alpha value is -1.91. The van der Waals surface area contributed by atoms with E-state index < -0.39 is 17.9 Å². The van der Waals surface area contributed by atoms with Crippen LogP contribution in [-0.2, 0) is 4.79 Å². The highest BCUT2D eigenvalue weighted by Crippen LogP contribution is 2.07. The minimum Gasteiger partial charge on any atom is -0.481 e. The molecule has 1 aromatic rings. The van der Waals surface area contributed by atoms with Crippen LogP contribution in [0.15, 0.2) is 18.3 Å². The monoisotopic (exact) mass is 236 g/mol. The molecule has 0 bridgehead atoms. The standard InChI is InChI=1S/C12H16N2O3/c1-7(12(16)17)8(2)14-11(15)10-5-4-6-13-9(10)3/h4-8H,1-3H3,(H,14,15)(H,16,17). The zero-order valence-electron chi connectivity index (χ0n) is 10.1. The number of carboxylic acid groups (broad SMARTS) is 1. The smallest absolute Gasteiger partial charge is 0.308 e. The Bertz CT molecular complexity index is 432. The number of hydrogen-bond donors (Lipinski definition) is 2. The number of rotatable bonds is 4. The van der Waals surface area contributed by atoms with Crippen LogP contribution in [0.4, 0.5) is 0 Å². The minimum absolute atomic E-state index is 0.295. The van der Waals surface area contributed by atoms with Gasteiger partial charge in [-0.25, -0.2) is 0 Å². The van der Waals surface area contributed by atoms with Gasteiger partial charge in [-0.05, 0) is 32.9 Å². The number of carbonyl (C=O) groups is 2. The molecule has 2 N–H and O–H groups in total. The normalized spacial score (nSPS) is 13.8. The van der Waals surface area contributed by atoms with Crippen LogP contribution in [0.5, 0.6) is 0 Å². The molecule has 1 heterocycles. The van der Waals surface area contributed by atoms with E-state index in [0.29, 0.717) is 11.3 Å². The van der Waals surface area contributed by atoms with E-state index in [0.717, 1.165) is 0 Å². The Balaban J connectivity index is 2.74. The van der Waals surface area contributed by atoms with Crippen molar-refractivity contribution in [2.75, 3.05) is 0 Å². The second-order valence-electron chi connectivity index (χ2n) is 4.03. The van der Waals surface area contributed by atoms with Crippen molar-refractivity contribution in [1.29, 1.82) is 0 Å². The lowest BCUT2D eigenvalue weighted by Crippen LogP contribution is -2.40. The molecule has 0 radical (unpaired) electrons. The highest BCUT2D eigenvalue weighted by atomic mass is 16.4. The topological polar surface area (TPSA) is 79.3 Å². The summed E-state index contributed by atoms with van der Waals surface area (Å²) in [7, 11) is 0. The molecule has 0 aliphatic carbocycles. The Labute approximate surface area is 99.9 Å². The van der Waals surface area contributed by atoms with E-state index in [-0.39, 0.29) is 5.91 Å². The molecule has 0 saturated carbocycles. The van der Waals surface area contributed by atoms with Crippen molar-refractivity contribution in [2.24, 2.45) is 5.92 Å². The first-order valence-electron chi connectivity index (χ1n) is 5.38. The van der Waals surface area contributed by atoms with E-state index in [1.807, 2.05) is 0 Å². The van der Waals surface area contributed by atoms with E-state index in [1.54, 1.807) is 39.1 Å². The zero-order valence-corrected chi connectivity index (χ0v) is 10.1. The minimum atomic E-state index is -0.930. The fraction of sp³-hybridized carbons (Fsp3) is 0.417. The van der Waals surface area contributed by atoms with E-state index in [2.05, 4.69) is 10.3 Å². The van der Waals surface area contributed by atoms with Crippen molar-refractivity contribution in [3.63, 3.8) is 0 Å². The fourth-order valence-corrected chi connectivity index (χ4v) is 1.35. The van der Waals surface area contributed by atoms with Crippen LogP contribution in [0.1, 0.15) is 29.9 Å². The van der Waals surface area contributed by atoms with E-state index >= 15 is 0 Å². The van der Waals surface area contributed by atoms with Crippen molar-refractivity contribution < 1.29 is 14.7 Å². The number of aromatic nitrogens is 1. The number of nitrogens with one attached hydrogen (secondary N) is 1. The molecule has 0 fully saturated rings. The molecule has 1 aromatic heterocycles. The Kier molecular flexibility index (Phi) is 4.20. The summed E-state index contributed by atoms with van der Waals surface area (Å²) in [5.74, 6) is -1.85. The van der Waals surface area contributed by atoms with Gasteiger partial charge >= 0.3 is 5.97 Å². The van der Waals surface area contributed by atoms with Gasteiger partial charge in [-0.3, -0.25) is 14.6 Å². The lowest BCUT2D eigenvalue weighted by atomic mass is 10.0. The van der Waals surface area contributed by atoms with E-state index in [4.69, 9.17) is 5.11 Å². The number of amides is 1. The van der Waals surface area contributed by atoms with Crippen LogP contribution < -0.4 is 5.32 Å². The lowest BCUT2D eigenvalue weighted by Gasteiger charge is -2.18. The predicted octanol–water partition coefficient (Wildman–Crippen LogP) is 1.23. The fourth-order valence-electron chi connectivity index (χ4n) is 1.35. The lowest BCUT2D eigenvalue weighted by molar-refractivity contribution is -0.141. The number of aryl methyl sites for hydroxylation is 1. The third-order valence-corrected chi connectivity index (χ3v) is 2.75. The van der Waals surface area contributed by atoms with Gasteiger partial charge < -0.3 is 10.4 Å². The van der Waals surface area contributed by atoms with Crippen LogP contribution in [0.2, 0.25) is 0 Å². The van der Waals surface area contributed by atoms with Crippen molar-refractivity contribution in [1.82, 2.24) is 10.3 Å². The van der Waals surface area contributed by atoms with Crippen molar-refractivity contribution >= 4 is 11.9 Å². The summed E-state index contributed by atoms with van der Waals surface area (Å²) in [6, 6.07) is 2.91. The molecule has 1 rings (SSSR count). The first-order valence-corrected chi connectivity index (χ1v) is 5.38. The highest BCUT2D eigenvalue weighted by molar-refractivity contribution is 5.95. The Morgan fingerprint density at radius 3 is 2.59 bits per heavy atom. The molecule has 0 saturated heterocycles. The second kappa shape index (κ2) is 5.43. The second-order valence-corrected chi connectivity index (χ2v) is 4.03. The number of hydrogen-bond acceptors (Lipinski definition) is 3. The van der Waals surface area contributed by atoms with Crippen molar-refractivity contribution in [2.45, 2.75) is 26.8 Å². The van der Waals surface area contributed by atoms with Gasteiger partial charge in [0.2, 0.25) is 0 Å². The SMILES string of the molecule is Cc1ncccc1C(=O)NC(C)C(C)C(=O)O. The molecule has 1 amide bonds. The Morgan fingerprint density at radius 2 is 2.06 bits per heavy atom. The van der Waals surface area contributed by atoms with Gasteiger partial charge in [0, 0.05) is 17.9 Å². The summed E-state index contributed by atoms with van der Waals surface area (Å²) >= 11 is 0. The highest BCUT2D eigenvalue weighted by Gasteiger charge is 2.22. The van der Waals surface area contributed by atoms with Gasteiger partial charge in [0.1, 0.15) is 0 Å². The molecular formula is C12H16N2O3. The molecule has 92 valence electrons. The molecule has 2 unspecified atom stereocenters. The number of carbonyl (C=O) groups excluding carboxylic acids is 1. The van der Waals surface area contributed by atoms with Gasteiger partial charge in [-0.15, -0.1) is 0 Å². The first-order chi connectivity index (χ1) is 7.93. The van der Waals surface area contributed by atoms with Crippen LogP contribution in [0.25, 0.3) is 0 Å². The first kappa shape index (κ1) is 13.2. The van der Waals surface area contributed by atoms with Crippen LogP contribution in [-0.4, -0.2) is 28.0 Å². The third kappa shape index (κ3) is 3.27. The summed E-state index contributed by atoms with van der Waals surface area (Å²) in [4.78, 5) is 26.6. The van der Waals surface area contributed by atoms with Crippen molar-refractivity contribution in [3.05, 3.63) is 29.6 Å². The molecule has 0 spiro atoms. The maximum Gasteiger partial charge on any atom is 0.308 e. The molecule has 2 atom stereocenters. The van der Waals surface area contributed by atoms with Crippen LogP contribution in [0.3, 0.4) is 0 Å². The molecule has 0 aromatic carbocycles. The van der Waals surface area contributed by atoms with Crippen LogP contribution in [0, 0.1) is 12.8 Å². The van der Waals surface area contributed by atoms with Gasteiger partial charge in [-0.2, -0.15) is 0 Å². The Morgan fingerprint density at radius 1 is 1.41 bits per heavy atom. The van der Waals surface area contributed by atoms with Gasteiger partial charge in [0.15, 0.2) is 0 Å². The quantitative estimate of drug-likeness (QED) is 0.824. The van der Waals surface area contributed by atoms with Gasteiger partial charge in [0.05, 0.1) is 11.5 Å². The molecular weight excluding hydrogens is 220 g/mol.